The van der Waals surface area contributed by atoms with E-state index in [2.05, 4.69) is 64.1 Å². The quantitative estimate of drug-likeness (QED) is 0.566. The zero-order valence-corrected chi connectivity index (χ0v) is 20.0. The van der Waals surface area contributed by atoms with Gasteiger partial charge < -0.3 is 14.8 Å². The maximum Gasteiger partial charge on any atom is 0.234 e. The Kier molecular flexibility index (Phi) is 6.38. The third-order valence-corrected chi connectivity index (χ3v) is 7.76. The van der Waals surface area contributed by atoms with Crippen molar-refractivity contribution in [2.24, 2.45) is 0 Å². The second-order valence-corrected chi connectivity index (χ2v) is 9.73. The topological polar surface area (TPSA) is 50.8 Å². The molecule has 0 bridgehead atoms. The van der Waals surface area contributed by atoms with E-state index in [9.17, 15) is 4.79 Å². The summed E-state index contributed by atoms with van der Waals surface area (Å²) in [5, 5.41) is 5.43. The molecule has 1 aliphatic carbocycles. The molecule has 3 aromatic rings. The number of carbonyl (C=O) groups excluding carboxylic acids is 1. The summed E-state index contributed by atoms with van der Waals surface area (Å²) in [7, 11) is 3.34. The van der Waals surface area contributed by atoms with E-state index >= 15 is 0 Å². The van der Waals surface area contributed by atoms with Gasteiger partial charge in [0.15, 0.2) is 11.5 Å². The molecule has 0 fully saturated rings. The summed E-state index contributed by atoms with van der Waals surface area (Å²) in [6.07, 6.45) is 4.07. The molecule has 1 aromatic heterocycles. The van der Waals surface area contributed by atoms with E-state index in [1.165, 1.54) is 27.1 Å². The Morgan fingerprint density at radius 3 is 2.64 bits per heavy atom. The summed E-state index contributed by atoms with van der Waals surface area (Å²) in [6, 6.07) is 17.0. The van der Waals surface area contributed by atoms with Gasteiger partial charge in [0.05, 0.1) is 32.8 Å². The van der Waals surface area contributed by atoms with E-state index in [1.54, 1.807) is 25.6 Å². The van der Waals surface area contributed by atoms with E-state index in [-0.39, 0.29) is 18.0 Å². The Labute approximate surface area is 199 Å². The number of thiophene rings is 1. The van der Waals surface area contributed by atoms with Crippen molar-refractivity contribution in [2.45, 2.75) is 37.8 Å². The predicted octanol–water partition coefficient (Wildman–Crippen LogP) is 4.91. The lowest BCUT2D eigenvalue weighted by Gasteiger charge is -2.37. The molecule has 1 N–H and O–H groups in total. The van der Waals surface area contributed by atoms with Crippen molar-refractivity contribution in [1.29, 1.82) is 0 Å². The van der Waals surface area contributed by atoms with Gasteiger partial charge in [0.25, 0.3) is 0 Å². The molecule has 2 aliphatic rings. The molecule has 33 heavy (non-hydrogen) atoms. The van der Waals surface area contributed by atoms with Gasteiger partial charge in [0.2, 0.25) is 5.91 Å². The first kappa shape index (κ1) is 22.0. The summed E-state index contributed by atoms with van der Waals surface area (Å²) in [5.74, 6) is 1.56. The summed E-state index contributed by atoms with van der Waals surface area (Å²) in [6.45, 7) is 1.19. The predicted molar refractivity (Wildman–Crippen MR) is 131 cm³/mol. The molecule has 0 saturated carbocycles. The number of hydrogen-bond donors (Lipinski definition) is 1. The van der Waals surface area contributed by atoms with Gasteiger partial charge in [0.1, 0.15) is 0 Å². The zero-order chi connectivity index (χ0) is 22.8. The number of benzene rings is 2. The van der Waals surface area contributed by atoms with Gasteiger partial charge in [-0.1, -0.05) is 30.3 Å². The van der Waals surface area contributed by atoms with Gasteiger partial charge in [-0.15, -0.1) is 11.3 Å². The number of carbonyl (C=O) groups is 1. The molecule has 0 saturated heterocycles. The number of nitrogens with zero attached hydrogens (tertiary/aromatic N) is 1. The molecule has 0 spiro atoms. The Hall–Kier alpha value is -2.83. The van der Waals surface area contributed by atoms with E-state index < -0.39 is 0 Å². The van der Waals surface area contributed by atoms with Gasteiger partial charge in [-0.2, -0.15) is 0 Å². The van der Waals surface area contributed by atoms with Gasteiger partial charge in [0, 0.05) is 11.4 Å². The molecule has 2 heterocycles. The molecule has 0 radical (unpaired) electrons. The zero-order valence-electron chi connectivity index (χ0n) is 19.2. The Morgan fingerprint density at radius 2 is 1.85 bits per heavy atom. The van der Waals surface area contributed by atoms with Gasteiger partial charge >= 0.3 is 0 Å². The number of methoxy groups -OCH3 is 2. The second-order valence-electron chi connectivity index (χ2n) is 8.76. The van der Waals surface area contributed by atoms with Crippen LogP contribution in [0.1, 0.15) is 52.1 Å². The van der Waals surface area contributed by atoms with Crippen molar-refractivity contribution in [3.05, 3.63) is 81.0 Å². The average molecular weight is 463 g/mol. The first-order chi connectivity index (χ1) is 16.2. The van der Waals surface area contributed by atoms with Crippen LogP contribution < -0.4 is 14.8 Å². The first-order valence-corrected chi connectivity index (χ1v) is 12.5. The van der Waals surface area contributed by atoms with Crippen LogP contribution in [0.2, 0.25) is 0 Å². The fraction of sp³-hybridized carbons (Fsp3) is 0.370. The molecule has 172 valence electrons. The van der Waals surface area contributed by atoms with Crippen molar-refractivity contribution in [2.75, 3.05) is 27.3 Å². The van der Waals surface area contributed by atoms with Crippen LogP contribution in [0, 0.1) is 0 Å². The molecular formula is C27H30N2O3S. The highest BCUT2D eigenvalue weighted by Gasteiger charge is 2.33. The minimum Gasteiger partial charge on any atom is -0.493 e. The normalized spacial score (nSPS) is 19.9. The number of nitrogens with one attached hydrogen (secondary N) is 1. The second kappa shape index (κ2) is 9.57. The van der Waals surface area contributed by atoms with Crippen molar-refractivity contribution < 1.29 is 14.3 Å². The van der Waals surface area contributed by atoms with Gasteiger partial charge in [-0.25, -0.2) is 0 Å². The van der Waals surface area contributed by atoms with Crippen LogP contribution in [0.4, 0.5) is 0 Å². The molecular weight excluding hydrogens is 432 g/mol. The fourth-order valence-corrected chi connectivity index (χ4v) is 6.15. The van der Waals surface area contributed by atoms with Crippen LogP contribution in [0.3, 0.4) is 0 Å². The molecule has 6 heteroatoms. The van der Waals surface area contributed by atoms with E-state index in [1.807, 2.05) is 0 Å². The summed E-state index contributed by atoms with van der Waals surface area (Å²) < 4.78 is 11.1. The van der Waals surface area contributed by atoms with Crippen molar-refractivity contribution in [3.63, 3.8) is 0 Å². The number of fused-ring (bicyclic) bond motifs is 2. The molecule has 5 nitrogen and oxygen atoms in total. The van der Waals surface area contributed by atoms with Crippen molar-refractivity contribution >= 4 is 17.2 Å². The largest absolute Gasteiger partial charge is 0.493 e. The third-order valence-electron chi connectivity index (χ3n) is 6.84. The van der Waals surface area contributed by atoms with Crippen molar-refractivity contribution in [3.8, 4) is 11.5 Å². The average Bonchev–Trinajstić information content (AvgIpc) is 3.37. The lowest BCUT2D eigenvalue weighted by atomic mass is 9.87. The third kappa shape index (κ3) is 4.37. The van der Waals surface area contributed by atoms with Crippen LogP contribution >= 0.6 is 11.3 Å². The standard InChI is InChI=1S/C27H30N2O3S/c1-31-23-15-19-12-13-29(27(25-11-6-14-33-25)21(19)16-24(23)32-2)17-26(30)28-22-10-5-8-18-7-3-4-9-20(18)22/h3-4,6-7,9,11,14-16,22,27H,5,8,10,12-13,17H2,1-2H3,(H,28,30). The maximum atomic E-state index is 13.2. The summed E-state index contributed by atoms with van der Waals surface area (Å²) in [5.41, 5.74) is 5.08. The molecule has 1 aliphatic heterocycles. The van der Waals surface area contributed by atoms with Crippen molar-refractivity contribution in [1.82, 2.24) is 10.2 Å². The van der Waals surface area contributed by atoms with Crippen LogP contribution in [-0.2, 0) is 17.6 Å². The lowest BCUT2D eigenvalue weighted by molar-refractivity contribution is -0.123. The smallest absolute Gasteiger partial charge is 0.234 e. The lowest BCUT2D eigenvalue weighted by Crippen LogP contribution is -2.44. The minimum absolute atomic E-state index is 0.0259. The highest BCUT2D eigenvalue weighted by molar-refractivity contribution is 7.10. The molecule has 2 unspecified atom stereocenters. The Morgan fingerprint density at radius 1 is 1.03 bits per heavy atom. The number of aryl methyl sites for hydroxylation is 1. The van der Waals surface area contributed by atoms with Crippen LogP contribution in [0.15, 0.2) is 53.9 Å². The van der Waals surface area contributed by atoms with E-state index in [4.69, 9.17) is 9.47 Å². The van der Waals surface area contributed by atoms with Gasteiger partial charge in [-0.3, -0.25) is 9.69 Å². The number of amides is 1. The van der Waals surface area contributed by atoms with Crippen LogP contribution in [0.5, 0.6) is 11.5 Å². The van der Waals surface area contributed by atoms with E-state index in [0.717, 1.165) is 43.7 Å². The molecule has 5 rings (SSSR count). The number of ether oxygens (including phenoxy) is 2. The maximum absolute atomic E-state index is 13.2. The first-order valence-electron chi connectivity index (χ1n) is 11.6. The van der Waals surface area contributed by atoms with Crippen LogP contribution in [0.25, 0.3) is 0 Å². The molecule has 2 atom stereocenters. The van der Waals surface area contributed by atoms with Gasteiger partial charge in [-0.05, 0) is 71.5 Å². The monoisotopic (exact) mass is 462 g/mol. The molecule has 2 aromatic carbocycles. The minimum atomic E-state index is 0.0259. The highest BCUT2D eigenvalue weighted by Crippen LogP contribution is 2.42. The fourth-order valence-electron chi connectivity index (χ4n) is 5.28. The SMILES string of the molecule is COc1cc2c(cc1OC)C(c1cccs1)N(CC(=O)NC1CCCc3ccccc31)CC2. The Balaban J connectivity index is 1.40. The van der Waals surface area contributed by atoms with Crippen LogP contribution in [-0.4, -0.2) is 38.1 Å². The highest BCUT2D eigenvalue weighted by atomic mass is 32.1. The Bertz CT molecular complexity index is 1130. The molecule has 1 amide bonds. The summed E-state index contributed by atoms with van der Waals surface area (Å²) >= 11 is 1.73. The number of rotatable bonds is 6. The number of hydrogen-bond acceptors (Lipinski definition) is 5. The summed E-state index contributed by atoms with van der Waals surface area (Å²) in [4.78, 5) is 16.8. The van der Waals surface area contributed by atoms with E-state index in [0.29, 0.717) is 6.54 Å².